The monoisotopic (exact) mass is 319 g/mol. The Morgan fingerprint density at radius 2 is 2.15 bits per heavy atom. The van der Waals surface area contributed by atoms with E-state index >= 15 is 0 Å². The highest BCUT2D eigenvalue weighted by molar-refractivity contribution is 7.89. The molecule has 0 heterocycles. The van der Waals surface area contributed by atoms with Crippen LogP contribution in [0.15, 0.2) is 24.3 Å². The molecule has 0 radical (unpaired) electrons. The molecular weight excluding hydrogens is 301 g/mol. The second kappa shape index (κ2) is 6.41. The molecule has 112 valence electrons. The lowest BCUT2D eigenvalue weighted by atomic mass is 10.2. The SMILES string of the molecule is CC(CCl)CS(=O)(=O)N(Cc1cccc(F)c1)C1CC1. The van der Waals surface area contributed by atoms with Gasteiger partial charge in [0, 0.05) is 18.5 Å². The molecule has 1 aromatic rings. The van der Waals surface area contributed by atoms with Gasteiger partial charge in [-0.3, -0.25) is 0 Å². The van der Waals surface area contributed by atoms with E-state index in [2.05, 4.69) is 0 Å². The Labute approximate surface area is 124 Å². The van der Waals surface area contributed by atoms with E-state index in [0.717, 1.165) is 12.8 Å². The maximum Gasteiger partial charge on any atom is 0.214 e. The summed E-state index contributed by atoms with van der Waals surface area (Å²) in [5.74, 6) is -0.0692. The van der Waals surface area contributed by atoms with Crippen LogP contribution in [0.2, 0.25) is 0 Å². The summed E-state index contributed by atoms with van der Waals surface area (Å²) >= 11 is 5.71. The number of hydrogen-bond acceptors (Lipinski definition) is 2. The van der Waals surface area contributed by atoms with E-state index in [1.807, 2.05) is 6.92 Å². The lowest BCUT2D eigenvalue weighted by molar-refractivity contribution is 0.394. The van der Waals surface area contributed by atoms with E-state index in [9.17, 15) is 12.8 Å². The molecule has 1 aliphatic carbocycles. The van der Waals surface area contributed by atoms with Crippen molar-refractivity contribution in [3.05, 3.63) is 35.6 Å². The van der Waals surface area contributed by atoms with Crippen molar-refractivity contribution < 1.29 is 12.8 Å². The van der Waals surface area contributed by atoms with Gasteiger partial charge in [0.25, 0.3) is 0 Å². The Morgan fingerprint density at radius 1 is 1.45 bits per heavy atom. The molecule has 0 saturated heterocycles. The van der Waals surface area contributed by atoms with Crippen LogP contribution in [-0.4, -0.2) is 30.4 Å². The lowest BCUT2D eigenvalue weighted by Crippen LogP contribution is -2.36. The van der Waals surface area contributed by atoms with Crippen LogP contribution in [0.25, 0.3) is 0 Å². The van der Waals surface area contributed by atoms with Gasteiger partial charge in [-0.15, -0.1) is 11.6 Å². The Morgan fingerprint density at radius 3 is 2.70 bits per heavy atom. The van der Waals surface area contributed by atoms with Gasteiger partial charge < -0.3 is 0 Å². The number of rotatable bonds is 7. The van der Waals surface area contributed by atoms with Crippen molar-refractivity contribution in [2.45, 2.75) is 32.4 Å². The van der Waals surface area contributed by atoms with Crippen molar-refractivity contribution in [1.29, 1.82) is 0 Å². The fourth-order valence-corrected chi connectivity index (χ4v) is 4.41. The zero-order valence-electron chi connectivity index (χ0n) is 11.4. The summed E-state index contributed by atoms with van der Waals surface area (Å²) < 4.78 is 39.6. The first-order valence-corrected chi connectivity index (χ1v) is 8.86. The molecule has 2 rings (SSSR count). The fraction of sp³-hybridized carbons (Fsp3) is 0.571. The number of hydrogen-bond donors (Lipinski definition) is 0. The van der Waals surface area contributed by atoms with Crippen molar-refractivity contribution >= 4 is 21.6 Å². The molecule has 0 aromatic heterocycles. The number of alkyl halides is 1. The third kappa shape index (κ3) is 4.17. The molecule has 1 atom stereocenters. The number of halogens is 2. The van der Waals surface area contributed by atoms with Crippen molar-refractivity contribution in [2.24, 2.45) is 5.92 Å². The molecule has 1 aromatic carbocycles. The molecule has 1 aliphatic rings. The largest absolute Gasteiger partial charge is 0.214 e. The Kier molecular flexibility index (Phi) is 5.04. The molecule has 20 heavy (non-hydrogen) atoms. The van der Waals surface area contributed by atoms with Crippen LogP contribution in [0, 0.1) is 11.7 Å². The summed E-state index contributed by atoms with van der Waals surface area (Å²) in [7, 11) is -3.36. The highest BCUT2D eigenvalue weighted by atomic mass is 35.5. The second-order valence-corrected chi connectivity index (χ2v) is 7.72. The van der Waals surface area contributed by atoms with Crippen molar-refractivity contribution in [2.75, 3.05) is 11.6 Å². The second-order valence-electron chi connectivity index (χ2n) is 5.44. The van der Waals surface area contributed by atoms with Gasteiger partial charge in [-0.2, -0.15) is 4.31 Å². The molecule has 6 heteroatoms. The van der Waals surface area contributed by atoms with Gasteiger partial charge in [0.1, 0.15) is 5.82 Å². The van der Waals surface area contributed by atoms with E-state index in [1.165, 1.54) is 16.4 Å². The summed E-state index contributed by atoms with van der Waals surface area (Å²) in [6.07, 6.45) is 1.76. The van der Waals surface area contributed by atoms with Gasteiger partial charge in [-0.05, 0) is 36.5 Å². The van der Waals surface area contributed by atoms with Crippen LogP contribution in [-0.2, 0) is 16.6 Å². The van der Waals surface area contributed by atoms with Gasteiger partial charge in [0.05, 0.1) is 5.75 Å². The minimum Gasteiger partial charge on any atom is -0.212 e. The number of nitrogens with zero attached hydrogens (tertiary/aromatic N) is 1. The summed E-state index contributed by atoms with van der Waals surface area (Å²) in [5, 5.41) is 0. The zero-order chi connectivity index (χ0) is 14.8. The van der Waals surface area contributed by atoms with Crippen LogP contribution in [0.1, 0.15) is 25.3 Å². The Bertz CT molecular complexity index is 560. The van der Waals surface area contributed by atoms with Gasteiger partial charge in [0.15, 0.2) is 0 Å². The normalized spacial score (nSPS) is 17.4. The molecule has 0 aliphatic heterocycles. The molecule has 0 N–H and O–H groups in total. The summed E-state index contributed by atoms with van der Waals surface area (Å²) in [4.78, 5) is 0. The van der Waals surface area contributed by atoms with Gasteiger partial charge >= 0.3 is 0 Å². The fourth-order valence-electron chi connectivity index (χ4n) is 2.13. The van der Waals surface area contributed by atoms with Crippen molar-refractivity contribution in [1.82, 2.24) is 4.31 Å². The molecule has 0 amide bonds. The highest BCUT2D eigenvalue weighted by Gasteiger charge is 2.37. The van der Waals surface area contributed by atoms with Gasteiger partial charge in [-0.1, -0.05) is 19.1 Å². The third-order valence-corrected chi connectivity index (χ3v) is 5.96. The maximum absolute atomic E-state index is 13.2. The summed E-state index contributed by atoms with van der Waals surface area (Å²) in [5.41, 5.74) is 0.680. The Hall–Kier alpha value is -0.650. The van der Waals surface area contributed by atoms with Crippen LogP contribution >= 0.6 is 11.6 Å². The maximum atomic E-state index is 13.2. The van der Waals surface area contributed by atoms with Gasteiger partial charge in [0.2, 0.25) is 10.0 Å². The molecule has 1 fully saturated rings. The molecule has 3 nitrogen and oxygen atoms in total. The topological polar surface area (TPSA) is 37.4 Å². The van der Waals surface area contributed by atoms with Gasteiger partial charge in [-0.25, -0.2) is 12.8 Å². The first-order valence-electron chi connectivity index (χ1n) is 6.72. The predicted octanol–water partition coefficient (Wildman–Crippen LogP) is 2.99. The minimum absolute atomic E-state index is 0.0440. The molecular formula is C14H19ClFNO2S. The van der Waals surface area contributed by atoms with Crippen molar-refractivity contribution in [3.8, 4) is 0 Å². The minimum atomic E-state index is -3.36. The number of benzene rings is 1. The van der Waals surface area contributed by atoms with E-state index in [-0.39, 0.29) is 30.1 Å². The third-order valence-electron chi connectivity index (χ3n) is 3.30. The molecule has 0 spiro atoms. The summed E-state index contributed by atoms with van der Waals surface area (Å²) in [6.45, 7) is 2.05. The average Bonchev–Trinajstić information content (AvgIpc) is 3.19. The standard InChI is InChI=1S/C14H19ClFNO2S/c1-11(8-15)10-20(18,19)17(14-5-6-14)9-12-3-2-4-13(16)7-12/h2-4,7,11,14H,5-6,8-10H2,1H3. The molecule has 1 unspecified atom stereocenters. The first-order chi connectivity index (χ1) is 9.42. The zero-order valence-corrected chi connectivity index (χ0v) is 13.0. The highest BCUT2D eigenvalue weighted by Crippen LogP contribution is 2.31. The van der Waals surface area contributed by atoms with Crippen LogP contribution < -0.4 is 0 Å². The summed E-state index contributed by atoms with van der Waals surface area (Å²) in [6, 6.07) is 6.15. The number of sulfonamides is 1. The quantitative estimate of drug-likeness (QED) is 0.725. The van der Waals surface area contributed by atoms with Crippen LogP contribution in [0.4, 0.5) is 4.39 Å². The Balaban J connectivity index is 2.15. The van der Waals surface area contributed by atoms with Crippen LogP contribution in [0.3, 0.4) is 0 Å². The lowest BCUT2D eigenvalue weighted by Gasteiger charge is -2.23. The van der Waals surface area contributed by atoms with Crippen molar-refractivity contribution in [3.63, 3.8) is 0 Å². The first kappa shape index (κ1) is 15.7. The van der Waals surface area contributed by atoms with Crippen LogP contribution in [0.5, 0.6) is 0 Å². The average molecular weight is 320 g/mol. The smallest absolute Gasteiger partial charge is 0.212 e. The predicted molar refractivity (Wildman–Crippen MR) is 78.6 cm³/mol. The van der Waals surface area contributed by atoms with E-state index in [0.29, 0.717) is 11.4 Å². The van der Waals surface area contributed by atoms with E-state index in [4.69, 9.17) is 11.6 Å². The van der Waals surface area contributed by atoms with E-state index in [1.54, 1.807) is 12.1 Å². The molecule has 0 bridgehead atoms. The molecule has 1 saturated carbocycles. The van der Waals surface area contributed by atoms with E-state index < -0.39 is 10.0 Å².